The molecule has 0 spiro atoms. The molecule has 0 aliphatic rings. The zero-order valence-electron chi connectivity index (χ0n) is 9.78. The van der Waals surface area contributed by atoms with Gasteiger partial charge >= 0.3 is 0 Å². The number of benzene rings is 1. The second-order valence-electron chi connectivity index (χ2n) is 3.90. The summed E-state index contributed by atoms with van der Waals surface area (Å²) in [6.07, 6.45) is 7.35. The van der Waals surface area contributed by atoms with Gasteiger partial charge in [-0.05, 0) is 18.1 Å². The summed E-state index contributed by atoms with van der Waals surface area (Å²) >= 11 is 0. The van der Waals surface area contributed by atoms with Crippen LogP contribution in [-0.2, 0) is 4.79 Å². The molecule has 1 radical (unpaired) electrons. The molecule has 16 heavy (non-hydrogen) atoms. The maximum Gasteiger partial charge on any atom is 0.235 e. The maximum atomic E-state index is 10.4. The standard InChI is InChI=1S/C14H18NO/c1-2-3-4-8-11-14(15-12-16)13-9-6-5-7-10-13/h5-7,9,14H,2-4,8,11H2,1H3. The molecule has 0 aliphatic heterocycles. The topological polar surface area (TPSA) is 29.4 Å². The summed E-state index contributed by atoms with van der Waals surface area (Å²) in [5.41, 5.74) is 0.988. The Bertz CT molecular complexity index is 328. The molecule has 0 amide bonds. The number of isocyanates is 1. The minimum atomic E-state index is -0.0597. The van der Waals surface area contributed by atoms with Crippen LogP contribution in [0.2, 0.25) is 0 Å². The van der Waals surface area contributed by atoms with Crippen LogP contribution in [0.15, 0.2) is 29.3 Å². The van der Waals surface area contributed by atoms with Crippen LogP contribution in [0.3, 0.4) is 0 Å². The van der Waals surface area contributed by atoms with E-state index in [9.17, 15) is 4.79 Å². The molecule has 0 saturated carbocycles. The zero-order valence-corrected chi connectivity index (χ0v) is 9.78. The zero-order chi connectivity index (χ0) is 11.6. The summed E-state index contributed by atoms with van der Waals surface area (Å²) in [6.45, 7) is 2.19. The lowest BCUT2D eigenvalue weighted by Gasteiger charge is -2.09. The molecule has 0 fully saturated rings. The largest absolute Gasteiger partial charge is 0.235 e. The van der Waals surface area contributed by atoms with Crippen molar-refractivity contribution in [3.8, 4) is 0 Å². The molecule has 1 aromatic rings. The third kappa shape index (κ3) is 4.41. The van der Waals surface area contributed by atoms with E-state index in [1.54, 1.807) is 6.08 Å². The normalized spacial score (nSPS) is 11.8. The molecule has 0 bridgehead atoms. The van der Waals surface area contributed by atoms with E-state index in [1.165, 1.54) is 19.3 Å². The first-order valence-corrected chi connectivity index (χ1v) is 5.92. The molecule has 0 heterocycles. The Morgan fingerprint density at radius 2 is 2.25 bits per heavy atom. The highest BCUT2D eigenvalue weighted by atomic mass is 16.1. The lowest BCUT2D eigenvalue weighted by Crippen LogP contribution is -1.95. The van der Waals surface area contributed by atoms with Crippen molar-refractivity contribution in [3.05, 3.63) is 35.9 Å². The number of aliphatic imine (C=N–C) groups is 1. The molecule has 0 N–H and O–H groups in total. The first-order chi connectivity index (χ1) is 7.88. The highest BCUT2D eigenvalue weighted by molar-refractivity contribution is 5.35. The van der Waals surface area contributed by atoms with Gasteiger partial charge in [0.05, 0.1) is 6.04 Å². The lowest BCUT2D eigenvalue weighted by atomic mass is 10.0. The van der Waals surface area contributed by atoms with Crippen LogP contribution in [0.4, 0.5) is 0 Å². The Morgan fingerprint density at radius 3 is 2.88 bits per heavy atom. The van der Waals surface area contributed by atoms with Crippen LogP contribution >= 0.6 is 0 Å². The van der Waals surface area contributed by atoms with Crippen LogP contribution in [0.5, 0.6) is 0 Å². The van der Waals surface area contributed by atoms with Gasteiger partial charge in [-0.3, -0.25) is 0 Å². The summed E-state index contributed by atoms with van der Waals surface area (Å²) in [6, 6.07) is 10.7. The van der Waals surface area contributed by atoms with Gasteiger partial charge in [0.25, 0.3) is 0 Å². The van der Waals surface area contributed by atoms with E-state index in [1.807, 2.05) is 24.3 Å². The fourth-order valence-electron chi connectivity index (χ4n) is 1.73. The lowest BCUT2D eigenvalue weighted by molar-refractivity contribution is 0.539. The number of nitrogens with zero attached hydrogens (tertiary/aromatic N) is 1. The first kappa shape index (κ1) is 12.7. The Kier molecular flexibility index (Phi) is 6.20. The molecule has 1 aromatic carbocycles. The van der Waals surface area contributed by atoms with E-state index < -0.39 is 0 Å². The fourth-order valence-corrected chi connectivity index (χ4v) is 1.73. The third-order valence-corrected chi connectivity index (χ3v) is 2.63. The van der Waals surface area contributed by atoms with Gasteiger partial charge in [0.15, 0.2) is 0 Å². The highest BCUT2D eigenvalue weighted by Crippen LogP contribution is 2.22. The smallest absolute Gasteiger partial charge is 0.211 e. The van der Waals surface area contributed by atoms with Crippen LogP contribution in [-0.4, -0.2) is 6.08 Å². The van der Waals surface area contributed by atoms with Crippen molar-refractivity contribution in [1.82, 2.24) is 0 Å². The number of hydrogen-bond donors (Lipinski definition) is 0. The minimum Gasteiger partial charge on any atom is -0.211 e. The van der Waals surface area contributed by atoms with Crippen LogP contribution in [0.25, 0.3) is 0 Å². The van der Waals surface area contributed by atoms with Gasteiger partial charge in [-0.1, -0.05) is 56.9 Å². The quantitative estimate of drug-likeness (QED) is 0.387. The number of rotatable bonds is 7. The fraction of sp³-hybridized carbons (Fsp3) is 0.500. The summed E-state index contributed by atoms with van der Waals surface area (Å²) < 4.78 is 0. The Balaban J connectivity index is 2.52. The van der Waals surface area contributed by atoms with Gasteiger partial charge < -0.3 is 0 Å². The predicted octanol–water partition coefficient (Wildman–Crippen LogP) is 3.83. The molecule has 85 valence electrons. The van der Waals surface area contributed by atoms with Gasteiger partial charge in [-0.25, -0.2) is 4.79 Å². The predicted molar refractivity (Wildman–Crippen MR) is 64.9 cm³/mol. The molecule has 1 unspecified atom stereocenters. The molecular weight excluding hydrogens is 198 g/mol. The van der Waals surface area contributed by atoms with Gasteiger partial charge in [-0.15, -0.1) is 0 Å². The third-order valence-electron chi connectivity index (χ3n) is 2.63. The van der Waals surface area contributed by atoms with Crippen molar-refractivity contribution in [3.63, 3.8) is 0 Å². The van der Waals surface area contributed by atoms with Crippen molar-refractivity contribution < 1.29 is 4.79 Å². The SMILES string of the molecule is CCCCCCC(N=C=O)c1[c]cccc1. The van der Waals surface area contributed by atoms with Crippen molar-refractivity contribution in [2.24, 2.45) is 4.99 Å². The van der Waals surface area contributed by atoms with Gasteiger partial charge in [0.1, 0.15) is 0 Å². The van der Waals surface area contributed by atoms with E-state index in [0.717, 1.165) is 18.4 Å². The van der Waals surface area contributed by atoms with Crippen molar-refractivity contribution in [2.75, 3.05) is 0 Å². The minimum absolute atomic E-state index is 0.0597. The summed E-state index contributed by atoms with van der Waals surface area (Å²) in [5, 5.41) is 0. The molecule has 0 saturated heterocycles. The van der Waals surface area contributed by atoms with E-state index in [4.69, 9.17) is 0 Å². The molecule has 1 rings (SSSR count). The average molecular weight is 216 g/mol. The van der Waals surface area contributed by atoms with Crippen molar-refractivity contribution in [2.45, 2.75) is 45.1 Å². The maximum absolute atomic E-state index is 10.4. The summed E-state index contributed by atoms with van der Waals surface area (Å²) in [4.78, 5) is 14.2. The van der Waals surface area contributed by atoms with Crippen molar-refractivity contribution >= 4 is 6.08 Å². The molecule has 0 aliphatic carbocycles. The molecule has 2 nitrogen and oxygen atoms in total. The van der Waals surface area contributed by atoms with Gasteiger partial charge in [0, 0.05) is 0 Å². The second kappa shape index (κ2) is 7.84. The monoisotopic (exact) mass is 216 g/mol. The Labute approximate surface area is 97.4 Å². The molecule has 1 atom stereocenters. The van der Waals surface area contributed by atoms with E-state index in [0.29, 0.717) is 0 Å². The van der Waals surface area contributed by atoms with Crippen LogP contribution in [0.1, 0.15) is 50.6 Å². The Hall–Kier alpha value is -1.40. The van der Waals surface area contributed by atoms with E-state index in [2.05, 4.69) is 18.0 Å². The average Bonchev–Trinajstić information content (AvgIpc) is 2.34. The summed E-state index contributed by atoms with van der Waals surface area (Å²) in [5.74, 6) is 0. The Morgan fingerprint density at radius 1 is 1.38 bits per heavy atom. The number of carbonyl (C=O) groups excluding carboxylic acids is 1. The summed E-state index contributed by atoms with van der Waals surface area (Å²) in [7, 11) is 0. The van der Waals surface area contributed by atoms with Crippen LogP contribution in [0, 0.1) is 6.07 Å². The molecular formula is C14H18NO. The van der Waals surface area contributed by atoms with E-state index >= 15 is 0 Å². The van der Waals surface area contributed by atoms with Crippen molar-refractivity contribution in [1.29, 1.82) is 0 Å². The number of unbranched alkanes of at least 4 members (excludes halogenated alkanes) is 3. The van der Waals surface area contributed by atoms with Gasteiger partial charge in [-0.2, -0.15) is 4.99 Å². The molecule has 2 heteroatoms. The van der Waals surface area contributed by atoms with Gasteiger partial charge in [0.2, 0.25) is 6.08 Å². The highest BCUT2D eigenvalue weighted by Gasteiger charge is 2.08. The van der Waals surface area contributed by atoms with Crippen LogP contribution < -0.4 is 0 Å². The molecule has 0 aromatic heterocycles. The first-order valence-electron chi connectivity index (χ1n) is 5.92. The number of hydrogen-bond acceptors (Lipinski definition) is 2. The van der Waals surface area contributed by atoms with E-state index in [-0.39, 0.29) is 6.04 Å². The second-order valence-corrected chi connectivity index (χ2v) is 3.90.